The molecule has 0 saturated carbocycles. The molecule has 0 unspecified atom stereocenters. The van der Waals surface area contributed by atoms with Crippen molar-refractivity contribution in [3.63, 3.8) is 0 Å². The first kappa shape index (κ1) is 13.1. The minimum atomic E-state index is -3.49. The molecule has 0 N–H and O–H groups in total. The molecule has 0 saturated heterocycles. The molecule has 0 bridgehead atoms. The summed E-state index contributed by atoms with van der Waals surface area (Å²) in [6, 6.07) is 0. The van der Waals surface area contributed by atoms with Gasteiger partial charge in [-0.3, -0.25) is 9.59 Å². The Hall–Kier alpha value is -0.910. The van der Waals surface area contributed by atoms with Crippen LogP contribution in [-0.4, -0.2) is 38.3 Å². The molecule has 6 heteroatoms. The zero-order chi connectivity index (χ0) is 11.2. The molecule has 0 amide bonds. The van der Waals surface area contributed by atoms with Crippen LogP contribution in [0.1, 0.15) is 20.3 Å². The Bertz CT molecular complexity index is 304. The SMILES string of the molecule is CCOC(=O)CS(=O)(=O)CCC(C)=O. The van der Waals surface area contributed by atoms with Crippen LogP contribution in [0.2, 0.25) is 0 Å². The van der Waals surface area contributed by atoms with E-state index in [2.05, 4.69) is 4.74 Å². The molecule has 0 spiro atoms. The summed E-state index contributed by atoms with van der Waals surface area (Å²) in [5.41, 5.74) is 0. The van der Waals surface area contributed by atoms with Crippen LogP contribution < -0.4 is 0 Å². The van der Waals surface area contributed by atoms with Gasteiger partial charge in [0.1, 0.15) is 11.5 Å². The molecule has 0 aliphatic heterocycles. The van der Waals surface area contributed by atoms with Crippen molar-refractivity contribution in [3.8, 4) is 0 Å². The molecule has 82 valence electrons. The molecule has 0 aliphatic carbocycles. The second kappa shape index (κ2) is 5.74. The molecule has 0 heterocycles. The highest BCUT2D eigenvalue weighted by molar-refractivity contribution is 7.92. The number of sulfone groups is 1. The van der Waals surface area contributed by atoms with Gasteiger partial charge in [0.15, 0.2) is 9.84 Å². The molecule has 0 aromatic heterocycles. The van der Waals surface area contributed by atoms with Crippen LogP contribution in [0.25, 0.3) is 0 Å². The van der Waals surface area contributed by atoms with E-state index in [1.807, 2.05) is 0 Å². The average Bonchev–Trinajstić information content (AvgIpc) is 2.00. The minimum absolute atomic E-state index is 0.0538. The van der Waals surface area contributed by atoms with Crippen LogP contribution in [0.15, 0.2) is 0 Å². The fourth-order valence-electron chi connectivity index (χ4n) is 0.754. The van der Waals surface area contributed by atoms with Crippen molar-refractivity contribution >= 4 is 21.6 Å². The third-order valence-corrected chi connectivity index (χ3v) is 2.91. The van der Waals surface area contributed by atoms with Crippen LogP contribution in [0.4, 0.5) is 0 Å². The van der Waals surface area contributed by atoms with Crippen LogP contribution >= 0.6 is 0 Å². The van der Waals surface area contributed by atoms with Gasteiger partial charge in [-0.1, -0.05) is 0 Å². The van der Waals surface area contributed by atoms with E-state index < -0.39 is 21.6 Å². The van der Waals surface area contributed by atoms with Gasteiger partial charge in [0.2, 0.25) is 0 Å². The number of hydrogen-bond donors (Lipinski definition) is 0. The van der Waals surface area contributed by atoms with Gasteiger partial charge in [0.25, 0.3) is 0 Å². The van der Waals surface area contributed by atoms with Crippen LogP contribution in [0.5, 0.6) is 0 Å². The molecule has 0 aromatic carbocycles. The Morgan fingerprint density at radius 3 is 2.29 bits per heavy atom. The van der Waals surface area contributed by atoms with Crippen molar-refractivity contribution in [1.82, 2.24) is 0 Å². The zero-order valence-corrected chi connectivity index (χ0v) is 9.09. The number of carbonyl (C=O) groups is 2. The lowest BCUT2D eigenvalue weighted by Gasteiger charge is -2.02. The van der Waals surface area contributed by atoms with E-state index in [0.717, 1.165) is 0 Å². The second-order valence-corrected chi connectivity index (χ2v) is 5.03. The van der Waals surface area contributed by atoms with Gasteiger partial charge >= 0.3 is 5.97 Å². The summed E-state index contributed by atoms with van der Waals surface area (Å²) < 4.78 is 26.8. The number of rotatable bonds is 6. The number of esters is 1. The number of Topliss-reactive ketones (excluding diaryl/α,β-unsaturated/α-hetero) is 1. The van der Waals surface area contributed by atoms with Crippen LogP contribution in [-0.2, 0) is 24.2 Å². The van der Waals surface area contributed by atoms with E-state index in [1.165, 1.54) is 6.92 Å². The molecular weight excluding hydrogens is 208 g/mol. The summed E-state index contributed by atoms with van der Waals surface area (Å²) in [7, 11) is -3.49. The van der Waals surface area contributed by atoms with Gasteiger partial charge in [0.05, 0.1) is 12.4 Å². The van der Waals surface area contributed by atoms with E-state index in [0.29, 0.717) is 0 Å². The molecule has 0 fully saturated rings. The number of ketones is 1. The Morgan fingerprint density at radius 1 is 1.29 bits per heavy atom. The van der Waals surface area contributed by atoms with Gasteiger partial charge in [-0.15, -0.1) is 0 Å². The maximum atomic E-state index is 11.2. The van der Waals surface area contributed by atoms with E-state index in [-0.39, 0.29) is 24.6 Å². The molecule has 0 radical (unpaired) electrons. The highest BCUT2D eigenvalue weighted by Crippen LogP contribution is 1.96. The molecule has 0 aliphatic rings. The fraction of sp³-hybridized carbons (Fsp3) is 0.750. The quantitative estimate of drug-likeness (QED) is 0.588. The molecule has 5 nitrogen and oxygen atoms in total. The van der Waals surface area contributed by atoms with Crippen molar-refractivity contribution < 1.29 is 22.7 Å². The zero-order valence-electron chi connectivity index (χ0n) is 8.28. The third kappa shape index (κ3) is 6.59. The van der Waals surface area contributed by atoms with Gasteiger partial charge in [-0.05, 0) is 13.8 Å². The van der Waals surface area contributed by atoms with Crippen molar-refractivity contribution in [2.45, 2.75) is 20.3 Å². The molecular formula is C8H14O5S. The van der Waals surface area contributed by atoms with Crippen molar-refractivity contribution in [3.05, 3.63) is 0 Å². The molecule has 14 heavy (non-hydrogen) atoms. The molecule has 0 aromatic rings. The summed E-state index contributed by atoms with van der Waals surface area (Å²) in [5.74, 6) is -1.91. The summed E-state index contributed by atoms with van der Waals surface area (Å²) in [4.78, 5) is 21.3. The third-order valence-electron chi connectivity index (χ3n) is 1.41. The summed E-state index contributed by atoms with van der Waals surface area (Å²) >= 11 is 0. The first-order valence-corrected chi connectivity index (χ1v) is 6.05. The maximum Gasteiger partial charge on any atom is 0.321 e. The van der Waals surface area contributed by atoms with E-state index >= 15 is 0 Å². The lowest BCUT2D eigenvalue weighted by atomic mass is 10.4. The van der Waals surface area contributed by atoms with Crippen molar-refractivity contribution in [1.29, 1.82) is 0 Å². The van der Waals surface area contributed by atoms with E-state index in [9.17, 15) is 18.0 Å². The fourth-order valence-corrected chi connectivity index (χ4v) is 1.94. The average molecular weight is 222 g/mol. The van der Waals surface area contributed by atoms with Gasteiger partial charge in [-0.25, -0.2) is 8.42 Å². The van der Waals surface area contributed by atoms with Gasteiger partial charge < -0.3 is 4.74 Å². The van der Waals surface area contributed by atoms with Gasteiger partial charge in [0, 0.05) is 6.42 Å². The van der Waals surface area contributed by atoms with Gasteiger partial charge in [-0.2, -0.15) is 0 Å². The first-order chi connectivity index (χ1) is 6.37. The number of hydrogen-bond acceptors (Lipinski definition) is 5. The summed E-state index contributed by atoms with van der Waals surface area (Å²) in [6.45, 7) is 3.06. The number of ether oxygens (including phenoxy) is 1. The van der Waals surface area contributed by atoms with Crippen LogP contribution in [0.3, 0.4) is 0 Å². The molecule has 0 rings (SSSR count). The first-order valence-electron chi connectivity index (χ1n) is 4.23. The normalized spacial score (nSPS) is 11.0. The highest BCUT2D eigenvalue weighted by Gasteiger charge is 2.17. The Kier molecular flexibility index (Phi) is 5.37. The van der Waals surface area contributed by atoms with Crippen molar-refractivity contribution in [2.24, 2.45) is 0 Å². The van der Waals surface area contributed by atoms with E-state index in [4.69, 9.17) is 0 Å². The second-order valence-electron chi connectivity index (χ2n) is 2.85. The Morgan fingerprint density at radius 2 is 1.86 bits per heavy atom. The smallest absolute Gasteiger partial charge is 0.321 e. The monoisotopic (exact) mass is 222 g/mol. The van der Waals surface area contributed by atoms with Crippen LogP contribution in [0, 0.1) is 0 Å². The van der Waals surface area contributed by atoms with Crippen molar-refractivity contribution in [2.75, 3.05) is 18.1 Å². The standard InChI is InChI=1S/C8H14O5S/c1-3-13-8(10)6-14(11,12)5-4-7(2)9/h3-6H2,1-2H3. The Balaban J connectivity index is 4.08. The topological polar surface area (TPSA) is 77.5 Å². The predicted molar refractivity (Wildman–Crippen MR) is 50.6 cm³/mol. The lowest BCUT2D eigenvalue weighted by Crippen LogP contribution is -2.21. The minimum Gasteiger partial charge on any atom is -0.465 e. The summed E-state index contributed by atoms with van der Waals surface area (Å²) in [6.07, 6.45) is -0.0538. The number of carbonyl (C=O) groups excluding carboxylic acids is 2. The largest absolute Gasteiger partial charge is 0.465 e. The lowest BCUT2D eigenvalue weighted by molar-refractivity contribution is -0.140. The molecule has 0 atom stereocenters. The predicted octanol–water partition coefficient (Wildman–Crippen LogP) is -0.0566. The van der Waals surface area contributed by atoms with E-state index in [1.54, 1.807) is 6.92 Å². The maximum absolute atomic E-state index is 11.2. The Labute approximate surface area is 83.4 Å². The summed E-state index contributed by atoms with van der Waals surface area (Å²) in [5, 5.41) is 0. The highest BCUT2D eigenvalue weighted by atomic mass is 32.2.